The second kappa shape index (κ2) is 4.02. The molecule has 0 aromatic carbocycles. The Morgan fingerprint density at radius 3 is 3.11 bits per heavy atom. The van der Waals surface area contributed by atoms with Gasteiger partial charge in [0.25, 0.3) is 0 Å². The summed E-state index contributed by atoms with van der Waals surface area (Å²) in [5, 5.41) is 10.7. The van der Waals surface area contributed by atoms with Crippen molar-refractivity contribution in [2.45, 2.75) is 13.0 Å². The molecule has 3 rings (SSSR count). The van der Waals surface area contributed by atoms with Gasteiger partial charge in [-0.2, -0.15) is 15.1 Å². The second-order valence-corrected chi connectivity index (χ2v) is 3.94. The molecular weight excluding hydrogens is 232 g/mol. The van der Waals surface area contributed by atoms with Crippen LogP contribution < -0.4 is 11.1 Å². The van der Waals surface area contributed by atoms with Gasteiger partial charge < -0.3 is 15.5 Å². The van der Waals surface area contributed by atoms with E-state index in [0.29, 0.717) is 11.5 Å². The number of nitrogen functional groups attached to an aromatic ring is 1. The van der Waals surface area contributed by atoms with Gasteiger partial charge in [0.2, 0.25) is 5.95 Å². The Balaban J connectivity index is 1.97. The summed E-state index contributed by atoms with van der Waals surface area (Å²) in [4.78, 5) is 8.23. The average Bonchev–Trinajstić information content (AvgIpc) is 2.98. The maximum Gasteiger partial charge on any atom is 0.224 e. The number of nitrogens with zero attached hydrogens (tertiary/aromatic N) is 3. The van der Waals surface area contributed by atoms with Gasteiger partial charge in [-0.1, -0.05) is 0 Å². The summed E-state index contributed by atoms with van der Waals surface area (Å²) >= 11 is 0. The molecule has 1 atom stereocenters. The highest BCUT2D eigenvalue weighted by Crippen LogP contribution is 2.24. The molecular formula is C11H12N6O. The molecule has 92 valence electrons. The number of fused-ring (bicyclic) bond motifs is 1. The van der Waals surface area contributed by atoms with Crippen molar-refractivity contribution >= 4 is 22.8 Å². The van der Waals surface area contributed by atoms with Gasteiger partial charge in [-0.3, -0.25) is 5.10 Å². The van der Waals surface area contributed by atoms with Gasteiger partial charge in [-0.25, -0.2) is 0 Å². The third kappa shape index (κ3) is 1.75. The van der Waals surface area contributed by atoms with Gasteiger partial charge in [0, 0.05) is 0 Å². The number of H-pyrrole nitrogens is 1. The van der Waals surface area contributed by atoms with Crippen LogP contribution in [0.15, 0.2) is 29.0 Å². The third-order valence-corrected chi connectivity index (χ3v) is 2.65. The number of hydrogen-bond acceptors (Lipinski definition) is 6. The average molecular weight is 244 g/mol. The smallest absolute Gasteiger partial charge is 0.224 e. The van der Waals surface area contributed by atoms with E-state index in [4.69, 9.17) is 10.2 Å². The third-order valence-electron chi connectivity index (χ3n) is 2.65. The molecule has 0 saturated heterocycles. The molecule has 0 bridgehead atoms. The van der Waals surface area contributed by atoms with Crippen LogP contribution in [0, 0.1) is 0 Å². The normalized spacial score (nSPS) is 12.7. The van der Waals surface area contributed by atoms with Gasteiger partial charge in [0.05, 0.1) is 23.9 Å². The van der Waals surface area contributed by atoms with Gasteiger partial charge in [0.15, 0.2) is 5.65 Å². The van der Waals surface area contributed by atoms with Crippen LogP contribution in [0.2, 0.25) is 0 Å². The lowest BCUT2D eigenvalue weighted by Crippen LogP contribution is -2.09. The minimum absolute atomic E-state index is 0.0209. The highest BCUT2D eigenvalue weighted by Gasteiger charge is 2.13. The summed E-state index contributed by atoms with van der Waals surface area (Å²) in [7, 11) is 0. The second-order valence-electron chi connectivity index (χ2n) is 3.94. The molecule has 0 aliphatic rings. The monoisotopic (exact) mass is 244 g/mol. The van der Waals surface area contributed by atoms with Crippen LogP contribution in [-0.4, -0.2) is 20.2 Å². The maximum atomic E-state index is 5.64. The van der Waals surface area contributed by atoms with E-state index in [1.807, 2.05) is 19.1 Å². The molecule has 7 nitrogen and oxygen atoms in total. The van der Waals surface area contributed by atoms with Gasteiger partial charge in [-0.15, -0.1) is 0 Å². The number of nitrogens with two attached hydrogens (primary N) is 1. The van der Waals surface area contributed by atoms with Crippen molar-refractivity contribution in [3.8, 4) is 0 Å². The molecule has 7 heteroatoms. The number of aromatic amines is 1. The topological polar surface area (TPSA) is 106 Å². The fraction of sp³-hybridized carbons (Fsp3) is 0.182. The summed E-state index contributed by atoms with van der Waals surface area (Å²) in [5.41, 5.74) is 6.25. The van der Waals surface area contributed by atoms with Gasteiger partial charge in [0.1, 0.15) is 11.6 Å². The molecule has 3 heterocycles. The Morgan fingerprint density at radius 2 is 2.33 bits per heavy atom. The van der Waals surface area contributed by atoms with Crippen LogP contribution in [0.5, 0.6) is 0 Å². The number of aromatic nitrogens is 4. The summed E-state index contributed by atoms with van der Waals surface area (Å²) in [5.74, 6) is 1.65. The number of anilines is 2. The molecule has 0 spiro atoms. The Labute approximate surface area is 102 Å². The highest BCUT2D eigenvalue weighted by molar-refractivity contribution is 5.86. The first-order valence-corrected chi connectivity index (χ1v) is 5.50. The van der Waals surface area contributed by atoms with Crippen LogP contribution in [0.1, 0.15) is 18.7 Å². The van der Waals surface area contributed by atoms with E-state index in [1.54, 1.807) is 12.5 Å². The molecule has 4 N–H and O–H groups in total. The van der Waals surface area contributed by atoms with E-state index in [1.165, 1.54) is 0 Å². The Hall–Kier alpha value is -2.57. The fourth-order valence-corrected chi connectivity index (χ4v) is 1.78. The van der Waals surface area contributed by atoms with Gasteiger partial charge in [-0.05, 0) is 19.1 Å². The lowest BCUT2D eigenvalue weighted by molar-refractivity contribution is 0.490. The Bertz CT molecular complexity index is 659. The van der Waals surface area contributed by atoms with Crippen LogP contribution in [0.4, 0.5) is 11.8 Å². The lowest BCUT2D eigenvalue weighted by atomic mass is 10.2. The number of furan rings is 1. The highest BCUT2D eigenvalue weighted by atomic mass is 16.3. The first-order valence-electron chi connectivity index (χ1n) is 5.50. The quantitative estimate of drug-likeness (QED) is 0.647. The zero-order valence-corrected chi connectivity index (χ0v) is 9.71. The molecule has 0 fully saturated rings. The molecule has 0 radical (unpaired) electrons. The van der Waals surface area contributed by atoms with Crippen LogP contribution >= 0.6 is 0 Å². The van der Waals surface area contributed by atoms with Crippen molar-refractivity contribution in [3.05, 3.63) is 30.4 Å². The predicted molar refractivity (Wildman–Crippen MR) is 66.8 cm³/mol. The van der Waals surface area contributed by atoms with Crippen LogP contribution in [0.25, 0.3) is 11.0 Å². The fourth-order valence-electron chi connectivity index (χ4n) is 1.78. The molecule has 3 aromatic heterocycles. The number of nitrogens with one attached hydrogen (secondary N) is 2. The largest absolute Gasteiger partial charge is 0.467 e. The van der Waals surface area contributed by atoms with Crippen molar-refractivity contribution in [2.24, 2.45) is 0 Å². The number of hydrogen-bond donors (Lipinski definition) is 3. The molecule has 3 aromatic rings. The van der Waals surface area contributed by atoms with E-state index in [2.05, 4.69) is 25.5 Å². The maximum absolute atomic E-state index is 5.64. The van der Waals surface area contributed by atoms with Crippen molar-refractivity contribution in [1.29, 1.82) is 0 Å². The minimum Gasteiger partial charge on any atom is -0.467 e. The van der Waals surface area contributed by atoms with Crippen molar-refractivity contribution in [1.82, 2.24) is 20.2 Å². The zero-order valence-electron chi connectivity index (χ0n) is 9.71. The first kappa shape index (κ1) is 10.6. The summed E-state index contributed by atoms with van der Waals surface area (Å²) in [6, 6.07) is 3.72. The molecule has 0 saturated carbocycles. The predicted octanol–water partition coefficient (Wildman–Crippen LogP) is 1.70. The molecule has 0 amide bonds. The minimum atomic E-state index is -0.0209. The molecule has 1 unspecified atom stereocenters. The summed E-state index contributed by atoms with van der Waals surface area (Å²) in [6.07, 6.45) is 3.29. The van der Waals surface area contributed by atoms with Crippen molar-refractivity contribution in [3.63, 3.8) is 0 Å². The Kier molecular flexibility index (Phi) is 2.36. The van der Waals surface area contributed by atoms with E-state index in [9.17, 15) is 0 Å². The zero-order chi connectivity index (χ0) is 12.5. The molecule has 0 aliphatic carbocycles. The SMILES string of the molecule is CC(Nc1nc(N)nc2[nH]ncc12)c1ccco1. The standard InChI is InChI=1S/C11H12N6O/c1-6(8-3-2-4-18-8)14-9-7-5-13-17-10(7)16-11(12)15-9/h2-6H,1H3,(H4,12,13,14,15,16,17). The van der Waals surface area contributed by atoms with Crippen molar-refractivity contribution < 1.29 is 4.42 Å². The van der Waals surface area contributed by atoms with Crippen LogP contribution in [0.3, 0.4) is 0 Å². The lowest BCUT2D eigenvalue weighted by Gasteiger charge is -2.12. The summed E-state index contributed by atoms with van der Waals surface area (Å²) in [6.45, 7) is 1.98. The molecule has 0 aliphatic heterocycles. The van der Waals surface area contributed by atoms with E-state index >= 15 is 0 Å². The molecule has 18 heavy (non-hydrogen) atoms. The van der Waals surface area contributed by atoms with Gasteiger partial charge >= 0.3 is 0 Å². The first-order chi connectivity index (χ1) is 8.74. The number of rotatable bonds is 3. The van der Waals surface area contributed by atoms with E-state index in [-0.39, 0.29) is 12.0 Å². The van der Waals surface area contributed by atoms with Crippen LogP contribution in [-0.2, 0) is 0 Å². The Morgan fingerprint density at radius 1 is 1.44 bits per heavy atom. The van der Waals surface area contributed by atoms with E-state index in [0.717, 1.165) is 11.1 Å². The van der Waals surface area contributed by atoms with Crippen molar-refractivity contribution in [2.75, 3.05) is 11.1 Å². The van der Waals surface area contributed by atoms with E-state index < -0.39 is 0 Å². The summed E-state index contributed by atoms with van der Waals surface area (Å²) < 4.78 is 5.33.